The molecule has 164 valence electrons. The summed E-state index contributed by atoms with van der Waals surface area (Å²) in [6.07, 6.45) is 3.72. The molecule has 0 atom stereocenters. The molecule has 0 heterocycles. The Kier molecular flexibility index (Phi) is 8.10. The van der Waals surface area contributed by atoms with Gasteiger partial charge in [-0.05, 0) is 46.5 Å². The van der Waals surface area contributed by atoms with Crippen molar-refractivity contribution in [1.29, 1.82) is 0 Å². The first kappa shape index (κ1) is 22.6. The average Bonchev–Trinajstić information content (AvgIpc) is 2.86. The Labute approximate surface area is 198 Å². The normalized spacial score (nSPS) is 10.8. The molecule has 4 rings (SSSR count). The molecule has 2 nitrogen and oxygen atoms in total. The third-order valence-electron chi connectivity index (χ3n) is 5.57. The lowest BCUT2D eigenvalue weighted by Crippen LogP contribution is -2.50. The second-order valence-corrected chi connectivity index (χ2v) is 11.9. The van der Waals surface area contributed by atoms with Gasteiger partial charge in [-0.3, -0.25) is 5.48 Å². The van der Waals surface area contributed by atoms with E-state index in [1.54, 1.807) is 6.20 Å². The molecule has 33 heavy (non-hydrogen) atoms. The van der Waals surface area contributed by atoms with Crippen molar-refractivity contribution >= 4 is 14.4 Å². The Morgan fingerprint density at radius 1 is 0.576 bits per heavy atom. The molecule has 0 saturated carbocycles. The molecular weight excluding hydrogens is 418 g/mol. The largest absolute Gasteiger partial charge is 0.321 e. The van der Waals surface area contributed by atoms with Gasteiger partial charge in [0, 0.05) is 0 Å². The molecule has 4 aromatic carbocycles. The fourth-order valence-electron chi connectivity index (χ4n) is 4.08. The summed E-state index contributed by atoms with van der Waals surface area (Å²) in [6, 6.07) is 45.0. The van der Waals surface area contributed by atoms with Crippen molar-refractivity contribution in [3.05, 3.63) is 156 Å². The van der Waals surface area contributed by atoms with E-state index in [4.69, 9.17) is 4.53 Å². The van der Waals surface area contributed by atoms with Crippen LogP contribution in [0.5, 0.6) is 0 Å². The summed E-state index contributed by atoms with van der Waals surface area (Å²) in [5, 5.41) is 0. The molecule has 0 saturated heterocycles. The van der Waals surface area contributed by atoms with E-state index in [0.29, 0.717) is 0 Å². The lowest BCUT2D eigenvalue weighted by molar-refractivity contribution is 0.221. The number of benzene rings is 4. The van der Waals surface area contributed by atoms with Crippen molar-refractivity contribution in [2.75, 3.05) is 0 Å². The highest BCUT2D eigenvalue weighted by Gasteiger charge is 2.37. The second-order valence-electron chi connectivity index (χ2n) is 8.26. The number of hydrogen-bond donors (Lipinski definition) is 1. The Hall–Kier alpha value is -3.62. The molecule has 4 aromatic rings. The van der Waals surface area contributed by atoms with Crippen LogP contribution in [0.25, 0.3) is 6.08 Å². The summed E-state index contributed by atoms with van der Waals surface area (Å²) >= 11 is 0. The van der Waals surface area contributed by atoms with E-state index in [0.717, 1.165) is 23.7 Å². The first-order chi connectivity index (χ1) is 16.3. The molecule has 3 heteroatoms. The summed E-state index contributed by atoms with van der Waals surface area (Å²) in [4.78, 5) is 0. The molecule has 0 radical (unpaired) electrons. The van der Waals surface area contributed by atoms with Gasteiger partial charge in [0.1, 0.15) is 0 Å². The van der Waals surface area contributed by atoms with Crippen LogP contribution in [0.2, 0.25) is 0 Å². The van der Waals surface area contributed by atoms with Crippen molar-refractivity contribution < 1.29 is 4.53 Å². The molecule has 0 amide bonds. The zero-order chi connectivity index (χ0) is 22.6. The van der Waals surface area contributed by atoms with Crippen molar-refractivity contribution in [2.45, 2.75) is 18.1 Å². The number of hydrogen-bond acceptors (Lipinski definition) is 2. The van der Waals surface area contributed by atoms with Crippen molar-refractivity contribution in [2.24, 2.45) is 0 Å². The van der Waals surface area contributed by atoms with E-state index in [-0.39, 0.29) is 0 Å². The molecular formula is C30H29NOSi. The maximum atomic E-state index is 6.63. The third kappa shape index (κ3) is 7.20. The van der Waals surface area contributed by atoms with Gasteiger partial charge in [-0.2, -0.15) is 0 Å². The van der Waals surface area contributed by atoms with Gasteiger partial charge in [-0.1, -0.05) is 121 Å². The predicted octanol–water partition coefficient (Wildman–Crippen LogP) is 6.62. The minimum atomic E-state index is -2.34. The van der Waals surface area contributed by atoms with Gasteiger partial charge in [0.25, 0.3) is 0 Å². The molecule has 0 aliphatic rings. The van der Waals surface area contributed by atoms with E-state index in [9.17, 15) is 0 Å². The highest BCUT2D eigenvalue weighted by molar-refractivity contribution is 6.72. The quantitative estimate of drug-likeness (QED) is 0.167. The Morgan fingerprint density at radius 2 is 0.970 bits per heavy atom. The van der Waals surface area contributed by atoms with Crippen LogP contribution >= 0.6 is 0 Å². The standard InChI is InChI=1S/C30H29NOSi/c1-5-14-27(15-6-1)22-13-23-31-32-33(24-28-16-7-2-8-17-28,25-29-18-9-3-10-19-29)26-30-20-11-4-12-21-30/h1-12,14-23,31H,24-26H2. The van der Waals surface area contributed by atoms with Gasteiger partial charge < -0.3 is 4.53 Å². The third-order valence-corrected chi connectivity index (χ3v) is 9.28. The summed E-state index contributed by atoms with van der Waals surface area (Å²) in [6.45, 7) is 0. The Balaban J connectivity index is 1.61. The number of rotatable bonds is 10. The molecule has 0 spiro atoms. The first-order valence-electron chi connectivity index (χ1n) is 11.3. The van der Waals surface area contributed by atoms with E-state index in [1.807, 2.05) is 24.3 Å². The monoisotopic (exact) mass is 447 g/mol. The number of hydroxylamine groups is 1. The lowest BCUT2D eigenvalue weighted by Gasteiger charge is -2.31. The highest BCUT2D eigenvalue weighted by atomic mass is 28.4. The molecule has 0 unspecified atom stereocenters. The summed E-state index contributed by atoms with van der Waals surface area (Å²) in [7, 11) is -2.34. The summed E-state index contributed by atoms with van der Waals surface area (Å²) < 4.78 is 6.63. The van der Waals surface area contributed by atoms with Crippen LogP contribution < -0.4 is 5.48 Å². The average molecular weight is 448 g/mol. The van der Waals surface area contributed by atoms with Crippen molar-refractivity contribution in [3.8, 4) is 0 Å². The van der Waals surface area contributed by atoms with Crippen LogP contribution in [0.15, 0.2) is 133 Å². The lowest BCUT2D eigenvalue weighted by atomic mass is 10.2. The van der Waals surface area contributed by atoms with Crippen LogP contribution in [0.4, 0.5) is 0 Å². The molecule has 1 N–H and O–H groups in total. The van der Waals surface area contributed by atoms with Gasteiger partial charge in [0.2, 0.25) is 8.32 Å². The smallest absolute Gasteiger partial charge is 0.242 e. The molecule has 0 aliphatic heterocycles. The second kappa shape index (κ2) is 11.8. The van der Waals surface area contributed by atoms with Gasteiger partial charge in [0.05, 0.1) is 6.20 Å². The van der Waals surface area contributed by atoms with E-state index >= 15 is 0 Å². The molecule has 0 aliphatic carbocycles. The summed E-state index contributed by atoms with van der Waals surface area (Å²) in [5.74, 6) is 0. The maximum absolute atomic E-state index is 6.63. The van der Waals surface area contributed by atoms with Gasteiger partial charge in [-0.15, -0.1) is 5.73 Å². The zero-order valence-corrected chi connectivity index (χ0v) is 19.7. The van der Waals surface area contributed by atoms with E-state index in [1.165, 1.54) is 16.7 Å². The van der Waals surface area contributed by atoms with Crippen LogP contribution in [0.1, 0.15) is 22.3 Å². The van der Waals surface area contributed by atoms with E-state index < -0.39 is 8.32 Å². The molecule has 0 fully saturated rings. The van der Waals surface area contributed by atoms with Crippen molar-refractivity contribution in [3.63, 3.8) is 0 Å². The van der Waals surface area contributed by atoms with Crippen LogP contribution in [0, 0.1) is 0 Å². The zero-order valence-electron chi connectivity index (χ0n) is 18.7. The highest BCUT2D eigenvalue weighted by Crippen LogP contribution is 2.23. The van der Waals surface area contributed by atoms with E-state index in [2.05, 4.69) is 114 Å². The van der Waals surface area contributed by atoms with Gasteiger partial charge >= 0.3 is 0 Å². The van der Waals surface area contributed by atoms with Crippen LogP contribution in [0.3, 0.4) is 0 Å². The first-order valence-corrected chi connectivity index (χ1v) is 13.9. The Morgan fingerprint density at radius 3 is 1.39 bits per heavy atom. The summed E-state index contributed by atoms with van der Waals surface area (Å²) in [5.41, 5.74) is 11.4. The fourth-order valence-corrected chi connectivity index (χ4v) is 7.91. The predicted molar refractivity (Wildman–Crippen MR) is 139 cm³/mol. The van der Waals surface area contributed by atoms with Crippen LogP contribution in [-0.2, 0) is 22.7 Å². The maximum Gasteiger partial charge on any atom is 0.242 e. The number of nitrogens with one attached hydrogen (secondary N) is 1. The Bertz CT molecular complexity index is 1050. The molecule has 0 bridgehead atoms. The van der Waals surface area contributed by atoms with Crippen LogP contribution in [-0.4, -0.2) is 8.32 Å². The topological polar surface area (TPSA) is 21.3 Å². The SMILES string of the molecule is C(=CNO[Si](Cc1ccccc1)(Cc1ccccc1)Cc1ccccc1)=Cc1ccccc1. The molecule has 0 aromatic heterocycles. The minimum absolute atomic E-state index is 0.918. The van der Waals surface area contributed by atoms with Gasteiger partial charge in [-0.25, -0.2) is 0 Å². The van der Waals surface area contributed by atoms with Gasteiger partial charge in [0.15, 0.2) is 0 Å². The fraction of sp³-hybridized carbons (Fsp3) is 0.100. The van der Waals surface area contributed by atoms with Crippen molar-refractivity contribution in [1.82, 2.24) is 5.48 Å². The minimum Gasteiger partial charge on any atom is -0.321 e.